The summed E-state index contributed by atoms with van der Waals surface area (Å²) in [5.74, 6) is 0.0665. The summed E-state index contributed by atoms with van der Waals surface area (Å²) in [5, 5.41) is 0. The summed E-state index contributed by atoms with van der Waals surface area (Å²) >= 11 is 0. The molecule has 0 spiro atoms. The molecule has 1 aliphatic rings. The van der Waals surface area contributed by atoms with Crippen molar-refractivity contribution in [2.24, 2.45) is 5.92 Å². The Balaban J connectivity index is 1.75. The predicted octanol–water partition coefficient (Wildman–Crippen LogP) is 5.69. The van der Waals surface area contributed by atoms with Crippen molar-refractivity contribution in [2.45, 2.75) is 85.7 Å². The highest BCUT2D eigenvalue weighted by atomic mass is 16.6. The highest BCUT2D eigenvalue weighted by Gasteiger charge is 2.31. The Morgan fingerprint density at radius 2 is 1.49 bits per heavy atom. The maximum absolute atomic E-state index is 12.7. The molecule has 2 aromatic carbocycles. The Hall–Kier alpha value is -3.15. The number of amides is 1. The van der Waals surface area contributed by atoms with Crippen LogP contribution in [0.25, 0.3) is 0 Å². The van der Waals surface area contributed by atoms with Crippen LogP contribution in [-0.2, 0) is 27.3 Å². The Bertz CT molecular complexity index is 1080. The molecule has 0 saturated heterocycles. The lowest BCUT2D eigenvalue weighted by Crippen LogP contribution is -2.44. The molecule has 1 saturated carbocycles. The molecular formula is C29H37NO5. The first kappa shape index (κ1) is 26.5. The molecule has 2 atom stereocenters. The van der Waals surface area contributed by atoms with Gasteiger partial charge < -0.3 is 14.4 Å². The largest absolute Gasteiger partial charge is 0.423 e. The molecule has 3 rings (SSSR count). The smallest absolute Gasteiger partial charge is 0.308 e. The van der Waals surface area contributed by atoms with Crippen LogP contribution in [0, 0.1) is 19.8 Å². The van der Waals surface area contributed by atoms with E-state index in [1.807, 2.05) is 6.07 Å². The molecule has 1 unspecified atom stereocenters. The summed E-state index contributed by atoms with van der Waals surface area (Å²) in [4.78, 5) is 37.7. The molecular weight excluding hydrogens is 442 g/mol. The second-order valence-electron chi connectivity index (χ2n) is 9.68. The zero-order chi connectivity index (χ0) is 25.5. The van der Waals surface area contributed by atoms with E-state index in [1.54, 1.807) is 19.1 Å². The third-order valence-corrected chi connectivity index (χ3v) is 6.92. The van der Waals surface area contributed by atoms with Crippen LogP contribution in [0.1, 0.15) is 75.1 Å². The number of carbonyl (C=O) groups excluding carboxylic acids is 3. The van der Waals surface area contributed by atoms with E-state index in [0.29, 0.717) is 12.5 Å². The van der Waals surface area contributed by atoms with Crippen molar-refractivity contribution >= 4 is 17.8 Å². The molecule has 0 N–H and O–H groups in total. The Kier molecular flexibility index (Phi) is 9.07. The number of hydrogen-bond donors (Lipinski definition) is 0. The van der Waals surface area contributed by atoms with E-state index in [4.69, 9.17) is 9.47 Å². The molecule has 188 valence electrons. The molecule has 2 aromatic rings. The van der Waals surface area contributed by atoms with Crippen LogP contribution in [0.5, 0.6) is 11.5 Å². The lowest BCUT2D eigenvalue weighted by Gasteiger charge is -2.40. The van der Waals surface area contributed by atoms with Gasteiger partial charge in [-0.2, -0.15) is 0 Å². The van der Waals surface area contributed by atoms with E-state index in [9.17, 15) is 14.4 Å². The van der Waals surface area contributed by atoms with Gasteiger partial charge in [0.05, 0.1) is 0 Å². The van der Waals surface area contributed by atoms with Gasteiger partial charge in [0.15, 0.2) is 11.5 Å². The van der Waals surface area contributed by atoms with Gasteiger partial charge in [-0.3, -0.25) is 14.4 Å². The van der Waals surface area contributed by atoms with Gasteiger partial charge in [-0.1, -0.05) is 37.1 Å². The summed E-state index contributed by atoms with van der Waals surface area (Å²) < 4.78 is 10.5. The van der Waals surface area contributed by atoms with Gasteiger partial charge in [0.2, 0.25) is 5.91 Å². The zero-order valence-corrected chi connectivity index (χ0v) is 21.6. The fourth-order valence-corrected chi connectivity index (χ4v) is 5.03. The highest BCUT2D eigenvalue weighted by Crippen LogP contribution is 2.34. The number of nitrogens with zero attached hydrogens (tertiary/aromatic N) is 1. The Labute approximate surface area is 208 Å². The number of ether oxygens (including phenoxy) is 2. The number of rotatable bonds is 8. The topological polar surface area (TPSA) is 72.9 Å². The zero-order valence-electron chi connectivity index (χ0n) is 21.6. The highest BCUT2D eigenvalue weighted by molar-refractivity contribution is 5.74. The van der Waals surface area contributed by atoms with Crippen LogP contribution in [0.4, 0.5) is 0 Å². The average molecular weight is 480 g/mol. The van der Waals surface area contributed by atoms with Crippen LogP contribution in [0.3, 0.4) is 0 Å². The van der Waals surface area contributed by atoms with Crippen molar-refractivity contribution in [1.82, 2.24) is 4.90 Å². The molecule has 1 amide bonds. The number of carbonyl (C=O) groups is 3. The van der Waals surface area contributed by atoms with E-state index >= 15 is 0 Å². The fraction of sp³-hybridized carbons (Fsp3) is 0.483. The molecule has 1 aliphatic carbocycles. The summed E-state index contributed by atoms with van der Waals surface area (Å²) in [6.45, 7) is 9.15. The van der Waals surface area contributed by atoms with Crippen LogP contribution < -0.4 is 9.47 Å². The van der Waals surface area contributed by atoms with E-state index in [0.717, 1.165) is 37.7 Å². The Morgan fingerprint density at radius 1 is 0.829 bits per heavy atom. The van der Waals surface area contributed by atoms with E-state index in [1.165, 1.54) is 37.0 Å². The molecule has 6 heteroatoms. The lowest BCUT2D eigenvalue weighted by molar-refractivity contribution is -0.134. The minimum absolute atomic E-state index is 0.114. The monoisotopic (exact) mass is 479 g/mol. The average Bonchev–Trinajstić information content (AvgIpc) is 2.79. The van der Waals surface area contributed by atoms with Gasteiger partial charge in [0.25, 0.3) is 0 Å². The maximum atomic E-state index is 12.7. The van der Waals surface area contributed by atoms with E-state index in [2.05, 4.69) is 36.9 Å². The third kappa shape index (κ3) is 7.41. The van der Waals surface area contributed by atoms with E-state index < -0.39 is 11.9 Å². The molecule has 6 nitrogen and oxygen atoms in total. The van der Waals surface area contributed by atoms with Crippen LogP contribution in [0.2, 0.25) is 0 Å². The molecule has 0 radical (unpaired) electrons. The number of benzene rings is 2. The summed E-state index contributed by atoms with van der Waals surface area (Å²) in [5.41, 5.74) is 4.67. The third-order valence-electron chi connectivity index (χ3n) is 6.92. The summed E-state index contributed by atoms with van der Waals surface area (Å²) in [7, 11) is 0. The minimum Gasteiger partial charge on any atom is -0.423 e. The van der Waals surface area contributed by atoms with Gasteiger partial charge in [-0.25, -0.2) is 0 Å². The molecule has 0 heterocycles. The quantitative estimate of drug-likeness (QED) is 0.359. The number of hydrogen-bond acceptors (Lipinski definition) is 5. The van der Waals surface area contributed by atoms with Crippen molar-refractivity contribution in [3.63, 3.8) is 0 Å². The van der Waals surface area contributed by atoms with Crippen molar-refractivity contribution in [3.05, 3.63) is 58.7 Å². The summed E-state index contributed by atoms with van der Waals surface area (Å²) in [6.07, 6.45) is 6.11. The number of aryl methyl sites for hydroxylation is 3. The van der Waals surface area contributed by atoms with E-state index in [-0.39, 0.29) is 23.4 Å². The molecule has 0 bridgehead atoms. The summed E-state index contributed by atoms with van der Waals surface area (Å²) in [6, 6.07) is 12.0. The molecule has 35 heavy (non-hydrogen) atoms. The fourth-order valence-electron chi connectivity index (χ4n) is 5.03. The van der Waals surface area contributed by atoms with Crippen molar-refractivity contribution in [1.29, 1.82) is 0 Å². The lowest BCUT2D eigenvalue weighted by atomic mass is 9.80. The molecule has 0 aliphatic heterocycles. The predicted molar refractivity (Wildman–Crippen MR) is 135 cm³/mol. The van der Waals surface area contributed by atoms with Gasteiger partial charge in [-0.05, 0) is 79.8 Å². The van der Waals surface area contributed by atoms with Crippen molar-refractivity contribution in [3.8, 4) is 11.5 Å². The SMILES string of the molecule is CC(=O)Oc1ccc(CC[C@H]2CCCCC2N(Cc2ccc(C)c(C)c2)C(C)=O)cc1OC(C)=O. The van der Waals surface area contributed by atoms with Crippen LogP contribution >= 0.6 is 0 Å². The van der Waals surface area contributed by atoms with Gasteiger partial charge in [0, 0.05) is 33.4 Å². The first-order valence-electron chi connectivity index (χ1n) is 12.5. The van der Waals surface area contributed by atoms with Crippen molar-refractivity contribution in [2.75, 3.05) is 0 Å². The molecule has 1 fully saturated rings. The van der Waals surface area contributed by atoms with Crippen LogP contribution in [0.15, 0.2) is 36.4 Å². The van der Waals surface area contributed by atoms with Crippen LogP contribution in [-0.4, -0.2) is 28.8 Å². The second-order valence-corrected chi connectivity index (χ2v) is 9.68. The number of esters is 2. The first-order chi connectivity index (χ1) is 16.6. The minimum atomic E-state index is -0.468. The normalized spacial score (nSPS) is 17.5. The van der Waals surface area contributed by atoms with Gasteiger partial charge in [-0.15, -0.1) is 0 Å². The standard InChI is InChI=1S/C29H37NO5/c1-19-10-11-25(16-20(19)2)18-30(21(3)31)27-9-7-6-8-26(27)14-12-24-13-15-28(34-22(4)32)29(17-24)35-23(5)33/h10-11,13,15-17,26-27H,6-9,12,14,18H2,1-5H3/t26-,27?/m1/s1. The maximum Gasteiger partial charge on any atom is 0.308 e. The van der Waals surface area contributed by atoms with Gasteiger partial charge >= 0.3 is 11.9 Å². The Morgan fingerprint density at radius 3 is 2.14 bits per heavy atom. The van der Waals surface area contributed by atoms with Gasteiger partial charge in [0.1, 0.15) is 0 Å². The molecule has 0 aromatic heterocycles. The first-order valence-corrected chi connectivity index (χ1v) is 12.5. The second kappa shape index (κ2) is 12.0. The van der Waals surface area contributed by atoms with Crippen molar-refractivity contribution < 1.29 is 23.9 Å².